The van der Waals surface area contributed by atoms with Crippen LogP contribution in [0.1, 0.15) is 42.1 Å². The van der Waals surface area contributed by atoms with Crippen LogP contribution in [0.5, 0.6) is 0 Å². The van der Waals surface area contributed by atoms with Gasteiger partial charge in [0.05, 0.1) is 22.5 Å². The van der Waals surface area contributed by atoms with Gasteiger partial charge >= 0.3 is 5.97 Å². The first-order valence-electron chi connectivity index (χ1n) is 9.83. The normalized spacial score (nSPS) is 18.3. The van der Waals surface area contributed by atoms with Gasteiger partial charge in [-0.15, -0.1) is 0 Å². The molecule has 2 aromatic carbocycles. The van der Waals surface area contributed by atoms with Crippen LogP contribution in [0.15, 0.2) is 59.2 Å². The van der Waals surface area contributed by atoms with E-state index in [0.29, 0.717) is 17.0 Å². The fraction of sp³-hybridized carbons (Fsp3) is 0.261. The van der Waals surface area contributed by atoms with E-state index in [9.17, 15) is 9.59 Å². The number of aromatic carboxylic acids is 1. The minimum atomic E-state index is -1.00. The molecule has 2 aliphatic heterocycles. The Bertz CT molecular complexity index is 985. The second-order valence-electron chi connectivity index (χ2n) is 7.35. The first-order chi connectivity index (χ1) is 14.0. The van der Waals surface area contributed by atoms with Crippen molar-refractivity contribution >= 4 is 35.0 Å². The summed E-state index contributed by atoms with van der Waals surface area (Å²) in [5.41, 5.74) is 4.06. The third-order valence-corrected chi connectivity index (χ3v) is 5.35. The minimum absolute atomic E-state index is 0.172. The molecule has 2 heterocycles. The van der Waals surface area contributed by atoms with Crippen molar-refractivity contribution in [3.05, 3.63) is 65.2 Å². The predicted molar refractivity (Wildman–Crippen MR) is 114 cm³/mol. The van der Waals surface area contributed by atoms with Crippen LogP contribution in [0.4, 0.5) is 11.4 Å². The molecule has 2 aromatic rings. The van der Waals surface area contributed by atoms with E-state index in [1.54, 1.807) is 19.1 Å². The van der Waals surface area contributed by atoms with Gasteiger partial charge in [0.15, 0.2) is 0 Å². The van der Waals surface area contributed by atoms with E-state index in [1.165, 1.54) is 42.1 Å². The third-order valence-electron chi connectivity index (χ3n) is 5.35. The number of amides is 1. The molecule has 6 heteroatoms. The summed E-state index contributed by atoms with van der Waals surface area (Å²) >= 11 is 0. The molecule has 1 amide bonds. The molecule has 0 atom stereocenters. The highest BCUT2D eigenvalue weighted by Gasteiger charge is 2.28. The van der Waals surface area contributed by atoms with Gasteiger partial charge in [0.25, 0.3) is 5.91 Å². The lowest BCUT2D eigenvalue weighted by Crippen LogP contribution is -2.29. The Balaban J connectivity index is 1.53. The Morgan fingerprint density at radius 1 is 0.966 bits per heavy atom. The van der Waals surface area contributed by atoms with Crippen molar-refractivity contribution in [2.24, 2.45) is 5.10 Å². The van der Waals surface area contributed by atoms with Crippen molar-refractivity contribution in [3.8, 4) is 0 Å². The van der Waals surface area contributed by atoms with Gasteiger partial charge in [0, 0.05) is 18.8 Å². The van der Waals surface area contributed by atoms with Crippen molar-refractivity contribution < 1.29 is 14.7 Å². The molecule has 1 saturated heterocycles. The van der Waals surface area contributed by atoms with E-state index < -0.39 is 5.97 Å². The van der Waals surface area contributed by atoms with Crippen LogP contribution in [0.2, 0.25) is 0 Å². The van der Waals surface area contributed by atoms with Gasteiger partial charge in [-0.05, 0) is 74.2 Å². The highest BCUT2D eigenvalue weighted by Crippen LogP contribution is 2.26. The molecule has 1 N–H and O–H groups in total. The predicted octanol–water partition coefficient (Wildman–Crippen LogP) is 4.18. The molecule has 0 aromatic heterocycles. The largest absolute Gasteiger partial charge is 0.478 e. The molecule has 148 valence electrons. The number of rotatable bonds is 4. The number of carbonyl (C=O) groups excluding carboxylic acids is 1. The van der Waals surface area contributed by atoms with E-state index in [2.05, 4.69) is 22.1 Å². The maximum atomic E-state index is 12.9. The highest BCUT2D eigenvalue weighted by atomic mass is 16.4. The van der Waals surface area contributed by atoms with Crippen molar-refractivity contribution in [1.29, 1.82) is 0 Å². The van der Waals surface area contributed by atoms with Gasteiger partial charge in [-0.2, -0.15) is 10.1 Å². The summed E-state index contributed by atoms with van der Waals surface area (Å²) in [7, 11) is 0. The molecule has 4 rings (SSSR count). The van der Waals surface area contributed by atoms with Gasteiger partial charge in [-0.25, -0.2) is 4.79 Å². The SMILES string of the molecule is CC1=NN(c2ccc(C(=O)O)cc2)C(=O)/C1=C\c1ccc(N2CCCCC2)cc1. The Labute approximate surface area is 169 Å². The zero-order valence-electron chi connectivity index (χ0n) is 16.3. The Morgan fingerprint density at radius 2 is 1.59 bits per heavy atom. The molecule has 29 heavy (non-hydrogen) atoms. The fourth-order valence-electron chi connectivity index (χ4n) is 3.70. The summed E-state index contributed by atoms with van der Waals surface area (Å²) in [6, 6.07) is 14.4. The molecule has 0 aliphatic carbocycles. The van der Waals surface area contributed by atoms with Crippen molar-refractivity contribution in [2.75, 3.05) is 23.0 Å². The molecule has 0 bridgehead atoms. The van der Waals surface area contributed by atoms with Crippen LogP contribution >= 0.6 is 0 Å². The summed E-state index contributed by atoms with van der Waals surface area (Å²) < 4.78 is 0. The highest BCUT2D eigenvalue weighted by molar-refractivity contribution is 6.32. The van der Waals surface area contributed by atoms with E-state index in [4.69, 9.17) is 5.11 Å². The molecule has 6 nitrogen and oxygen atoms in total. The number of carboxylic acid groups (broad SMARTS) is 1. The number of carbonyl (C=O) groups is 2. The molecule has 2 aliphatic rings. The average molecular weight is 389 g/mol. The summed E-state index contributed by atoms with van der Waals surface area (Å²) in [4.78, 5) is 26.3. The quantitative estimate of drug-likeness (QED) is 0.796. The maximum absolute atomic E-state index is 12.9. The smallest absolute Gasteiger partial charge is 0.335 e. The van der Waals surface area contributed by atoms with Crippen LogP contribution in [0.25, 0.3) is 6.08 Å². The number of carboxylic acids is 1. The molecule has 0 spiro atoms. The molecule has 1 fully saturated rings. The lowest BCUT2D eigenvalue weighted by atomic mass is 10.1. The second-order valence-corrected chi connectivity index (χ2v) is 7.35. The lowest BCUT2D eigenvalue weighted by molar-refractivity contribution is -0.114. The topological polar surface area (TPSA) is 73.2 Å². The Morgan fingerprint density at radius 3 is 2.21 bits per heavy atom. The number of piperidine rings is 1. The minimum Gasteiger partial charge on any atom is -0.478 e. The summed E-state index contributed by atoms with van der Waals surface area (Å²) in [6.07, 6.45) is 5.63. The van der Waals surface area contributed by atoms with Gasteiger partial charge in [-0.3, -0.25) is 4.79 Å². The molecule has 0 unspecified atom stereocenters. The molecular weight excluding hydrogens is 366 g/mol. The average Bonchev–Trinajstić information content (AvgIpc) is 3.03. The van der Waals surface area contributed by atoms with E-state index in [-0.39, 0.29) is 11.5 Å². The molecule has 0 saturated carbocycles. The number of hydrazone groups is 1. The van der Waals surface area contributed by atoms with Crippen molar-refractivity contribution in [3.63, 3.8) is 0 Å². The Hall–Kier alpha value is -3.41. The number of anilines is 2. The van der Waals surface area contributed by atoms with Crippen LogP contribution in [-0.2, 0) is 4.79 Å². The van der Waals surface area contributed by atoms with Gasteiger partial charge in [-0.1, -0.05) is 12.1 Å². The van der Waals surface area contributed by atoms with Crippen LogP contribution in [0.3, 0.4) is 0 Å². The van der Waals surface area contributed by atoms with Crippen molar-refractivity contribution in [2.45, 2.75) is 26.2 Å². The van der Waals surface area contributed by atoms with E-state index >= 15 is 0 Å². The van der Waals surface area contributed by atoms with Gasteiger partial charge in [0.2, 0.25) is 0 Å². The second kappa shape index (κ2) is 7.91. The Kier molecular flexibility index (Phi) is 5.16. The zero-order valence-corrected chi connectivity index (χ0v) is 16.3. The third kappa shape index (κ3) is 3.92. The fourth-order valence-corrected chi connectivity index (χ4v) is 3.70. The van der Waals surface area contributed by atoms with Crippen LogP contribution in [0, 0.1) is 0 Å². The van der Waals surface area contributed by atoms with E-state index in [1.807, 2.05) is 18.2 Å². The first kappa shape index (κ1) is 18.9. The van der Waals surface area contributed by atoms with Crippen LogP contribution < -0.4 is 9.91 Å². The monoisotopic (exact) mass is 389 g/mol. The summed E-state index contributed by atoms with van der Waals surface area (Å²) in [5, 5.41) is 14.7. The number of nitrogens with zero attached hydrogens (tertiary/aromatic N) is 3. The standard InChI is InChI=1S/C23H23N3O3/c1-16-21(15-17-5-9-19(10-6-17)25-13-3-2-4-14-25)22(27)26(24-16)20-11-7-18(8-12-20)23(28)29/h5-12,15H,2-4,13-14H2,1H3,(H,28,29)/b21-15-. The van der Waals surface area contributed by atoms with Crippen molar-refractivity contribution in [1.82, 2.24) is 0 Å². The van der Waals surface area contributed by atoms with Gasteiger partial charge in [0.1, 0.15) is 0 Å². The maximum Gasteiger partial charge on any atom is 0.335 e. The summed E-state index contributed by atoms with van der Waals surface area (Å²) in [6.45, 7) is 4.00. The van der Waals surface area contributed by atoms with Crippen LogP contribution in [-0.4, -0.2) is 35.8 Å². The summed E-state index contributed by atoms with van der Waals surface area (Å²) in [5.74, 6) is -1.22. The lowest BCUT2D eigenvalue weighted by Gasteiger charge is -2.28. The molecule has 0 radical (unpaired) electrons. The number of hydrogen-bond donors (Lipinski definition) is 1. The number of hydrogen-bond acceptors (Lipinski definition) is 4. The van der Waals surface area contributed by atoms with Gasteiger partial charge < -0.3 is 10.0 Å². The first-order valence-corrected chi connectivity index (χ1v) is 9.83. The molecular formula is C23H23N3O3. The number of benzene rings is 2. The van der Waals surface area contributed by atoms with E-state index in [0.717, 1.165) is 18.7 Å². The zero-order chi connectivity index (χ0) is 20.4.